The number of aryl methyl sites for hydroxylation is 2. The van der Waals surface area contributed by atoms with Gasteiger partial charge in [0.15, 0.2) is 6.61 Å². The summed E-state index contributed by atoms with van der Waals surface area (Å²) >= 11 is 0. The average molecular weight is 260 g/mol. The summed E-state index contributed by atoms with van der Waals surface area (Å²) in [5.41, 5.74) is 2.17. The van der Waals surface area contributed by atoms with Crippen molar-refractivity contribution < 1.29 is 14.3 Å². The van der Waals surface area contributed by atoms with Crippen LogP contribution >= 0.6 is 0 Å². The van der Waals surface area contributed by atoms with Crippen molar-refractivity contribution >= 4 is 0 Å². The minimum atomic E-state index is -0.327. The van der Waals surface area contributed by atoms with Crippen LogP contribution in [-0.4, -0.2) is 15.3 Å². The Morgan fingerprint density at radius 2 is 2.21 bits per heavy atom. The van der Waals surface area contributed by atoms with Gasteiger partial charge in [0.05, 0.1) is 6.10 Å². The third-order valence-corrected chi connectivity index (χ3v) is 3.33. The van der Waals surface area contributed by atoms with E-state index < -0.39 is 0 Å². The minimum absolute atomic E-state index is 0.272. The highest BCUT2D eigenvalue weighted by molar-refractivity contribution is 5.39. The van der Waals surface area contributed by atoms with E-state index in [9.17, 15) is 5.11 Å². The molecule has 0 unspecified atom stereocenters. The Bertz CT molecular complexity index is 580. The zero-order valence-electron chi connectivity index (χ0n) is 10.8. The summed E-state index contributed by atoms with van der Waals surface area (Å²) in [4.78, 5) is 0. The molecule has 0 spiro atoms. The third kappa shape index (κ3) is 2.46. The van der Waals surface area contributed by atoms with Crippen molar-refractivity contribution in [2.75, 3.05) is 0 Å². The van der Waals surface area contributed by atoms with Crippen molar-refractivity contribution in [3.8, 4) is 5.75 Å². The monoisotopic (exact) mass is 260 g/mol. The first kappa shape index (κ1) is 12.2. The number of ether oxygens (including phenoxy) is 1. The predicted octanol–water partition coefficient (Wildman–Crippen LogP) is 2.19. The smallest absolute Gasteiger partial charge is 0.253 e. The molecule has 0 saturated heterocycles. The van der Waals surface area contributed by atoms with E-state index >= 15 is 0 Å². The van der Waals surface area contributed by atoms with Crippen LogP contribution < -0.4 is 4.74 Å². The standard InChI is InChI=1S/C14H16N2O3/c1-2-13-15-16-14(19-13)8-18-10-4-5-11-9(7-10)3-6-12(11)17/h4-5,7,12,17H,2-3,6,8H2,1H3/t12-/m0/s1. The predicted molar refractivity (Wildman–Crippen MR) is 67.7 cm³/mol. The van der Waals surface area contributed by atoms with Crippen molar-refractivity contribution in [2.24, 2.45) is 0 Å². The first-order chi connectivity index (χ1) is 9.26. The zero-order chi connectivity index (χ0) is 13.2. The molecule has 1 aromatic heterocycles. The van der Waals surface area contributed by atoms with Gasteiger partial charge in [-0.25, -0.2) is 0 Å². The third-order valence-electron chi connectivity index (χ3n) is 3.33. The summed E-state index contributed by atoms with van der Waals surface area (Å²) in [7, 11) is 0. The van der Waals surface area contributed by atoms with Crippen LogP contribution in [0.1, 0.15) is 42.4 Å². The molecule has 0 radical (unpaired) electrons. The van der Waals surface area contributed by atoms with Gasteiger partial charge >= 0.3 is 0 Å². The molecule has 5 heteroatoms. The molecule has 0 bridgehead atoms. The Hall–Kier alpha value is -1.88. The molecule has 1 N–H and O–H groups in total. The van der Waals surface area contributed by atoms with E-state index in [0.717, 1.165) is 36.1 Å². The normalized spacial score (nSPS) is 17.5. The average Bonchev–Trinajstić information content (AvgIpc) is 3.03. The molecule has 100 valence electrons. The molecule has 0 fully saturated rings. The fourth-order valence-corrected chi connectivity index (χ4v) is 2.30. The van der Waals surface area contributed by atoms with Gasteiger partial charge in [-0.2, -0.15) is 0 Å². The van der Waals surface area contributed by atoms with E-state index in [1.807, 2.05) is 25.1 Å². The van der Waals surface area contributed by atoms with Crippen LogP contribution in [0, 0.1) is 0 Å². The van der Waals surface area contributed by atoms with Gasteiger partial charge in [0, 0.05) is 6.42 Å². The molecule has 0 saturated carbocycles. The van der Waals surface area contributed by atoms with Crippen LogP contribution in [0.3, 0.4) is 0 Å². The Balaban J connectivity index is 1.67. The Morgan fingerprint density at radius 3 is 3.00 bits per heavy atom. The highest BCUT2D eigenvalue weighted by atomic mass is 16.5. The van der Waals surface area contributed by atoms with Crippen LogP contribution in [0.4, 0.5) is 0 Å². The minimum Gasteiger partial charge on any atom is -0.484 e. The molecule has 1 heterocycles. The number of hydrogen-bond donors (Lipinski definition) is 1. The number of benzene rings is 1. The largest absolute Gasteiger partial charge is 0.484 e. The lowest BCUT2D eigenvalue weighted by Gasteiger charge is -2.07. The van der Waals surface area contributed by atoms with Gasteiger partial charge in [0.2, 0.25) is 5.89 Å². The maximum Gasteiger partial charge on any atom is 0.253 e. The van der Waals surface area contributed by atoms with Crippen LogP contribution in [0.15, 0.2) is 22.6 Å². The summed E-state index contributed by atoms with van der Waals surface area (Å²) in [6, 6.07) is 5.76. The van der Waals surface area contributed by atoms with Gasteiger partial charge in [-0.1, -0.05) is 13.0 Å². The Morgan fingerprint density at radius 1 is 1.37 bits per heavy atom. The second-order valence-electron chi connectivity index (χ2n) is 4.65. The number of aliphatic hydroxyl groups is 1. The molecular weight excluding hydrogens is 244 g/mol. The molecule has 1 aliphatic carbocycles. The van der Waals surface area contributed by atoms with Gasteiger partial charge in [0.1, 0.15) is 5.75 Å². The van der Waals surface area contributed by atoms with Gasteiger partial charge < -0.3 is 14.3 Å². The molecule has 1 aromatic carbocycles. The number of aromatic nitrogens is 2. The van der Waals surface area contributed by atoms with Crippen molar-refractivity contribution in [1.29, 1.82) is 0 Å². The SMILES string of the molecule is CCc1nnc(COc2ccc3c(c2)CC[C@@H]3O)o1. The van der Waals surface area contributed by atoms with E-state index in [0.29, 0.717) is 11.8 Å². The molecule has 1 atom stereocenters. The van der Waals surface area contributed by atoms with Crippen LogP contribution in [0.25, 0.3) is 0 Å². The van der Waals surface area contributed by atoms with Gasteiger partial charge in [0.25, 0.3) is 5.89 Å². The topological polar surface area (TPSA) is 68.4 Å². The fourth-order valence-electron chi connectivity index (χ4n) is 2.30. The first-order valence-electron chi connectivity index (χ1n) is 6.51. The summed E-state index contributed by atoms with van der Waals surface area (Å²) in [5, 5.41) is 17.5. The molecule has 5 nitrogen and oxygen atoms in total. The maximum absolute atomic E-state index is 9.74. The highest BCUT2D eigenvalue weighted by Crippen LogP contribution is 2.33. The quantitative estimate of drug-likeness (QED) is 0.912. The van der Waals surface area contributed by atoms with Gasteiger partial charge in [-0.05, 0) is 36.1 Å². The molecule has 3 rings (SSSR count). The summed E-state index contributed by atoms with van der Waals surface area (Å²) in [6.45, 7) is 2.23. The Kier molecular flexibility index (Phi) is 3.21. The number of fused-ring (bicyclic) bond motifs is 1. The second kappa shape index (κ2) is 5.01. The van der Waals surface area contributed by atoms with E-state index in [-0.39, 0.29) is 12.7 Å². The summed E-state index contributed by atoms with van der Waals surface area (Å²) in [5.74, 6) is 1.87. The van der Waals surface area contributed by atoms with Gasteiger partial charge in [-0.15, -0.1) is 10.2 Å². The maximum atomic E-state index is 9.74. The van der Waals surface area contributed by atoms with Gasteiger partial charge in [-0.3, -0.25) is 0 Å². The van der Waals surface area contributed by atoms with Crippen LogP contribution in [-0.2, 0) is 19.4 Å². The van der Waals surface area contributed by atoms with Crippen LogP contribution in [0.2, 0.25) is 0 Å². The van der Waals surface area contributed by atoms with Crippen molar-refractivity contribution in [3.05, 3.63) is 41.1 Å². The van der Waals surface area contributed by atoms with Crippen molar-refractivity contribution in [3.63, 3.8) is 0 Å². The first-order valence-corrected chi connectivity index (χ1v) is 6.51. The van der Waals surface area contributed by atoms with Crippen molar-refractivity contribution in [1.82, 2.24) is 10.2 Å². The fraction of sp³-hybridized carbons (Fsp3) is 0.429. The summed E-state index contributed by atoms with van der Waals surface area (Å²) in [6.07, 6.45) is 2.09. The van der Waals surface area contributed by atoms with Crippen LogP contribution in [0.5, 0.6) is 5.75 Å². The number of nitrogens with zero attached hydrogens (tertiary/aromatic N) is 2. The number of aliphatic hydroxyl groups excluding tert-OH is 1. The molecule has 1 aliphatic rings. The van der Waals surface area contributed by atoms with E-state index in [1.54, 1.807) is 0 Å². The van der Waals surface area contributed by atoms with E-state index in [1.165, 1.54) is 0 Å². The van der Waals surface area contributed by atoms with E-state index in [2.05, 4.69) is 10.2 Å². The molecular formula is C14H16N2O3. The lowest BCUT2D eigenvalue weighted by atomic mass is 10.1. The van der Waals surface area contributed by atoms with Crippen molar-refractivity contribution in [2.45, 2.75) is 38.9 Å². The second-order valence-corrected chi connectivity index (χ2v) is 4.65. The lowest BCUT2D eigenvalue weighted by Crippen LogP contribution is -1.97. The molecule has 0 amide bonds. The Labute approximate surface area is 111 Å². The molecule has 2 aromatic rings. The number of hydrogen-bond acceptors (Lipinski definition) is 5. The number of rotatable bonds is 4. The highest BCUT2D eigenvalue weighted by Gasteiger charge is 2.20. The van der Waals surface area contributed by atoms with E-state index in [4.69, 9.17) is 9.15 Å². The zero-order valence-corrected chi connectivity index (χ0v) is 10.8. The molecule has 0 aliphatic heterocycles. The lowest BCUT2D eigenvalue weighted by molar-refractivity contribution is 0.180. The molecule has 19 heavy (non-hydrogen) atoms. The summed E-state index contributed by atoms with van der Waals surface area (Å²) < 4.78 is 11.0.